The Morgan fingerprint density at radius 1 is 1.14 bits per heavy atom. The van der Waals surface area contributed by atoms with Gasteiger partial charge in [-0.15, -0.1) is 0 Å². The third-order valence-electron chi connectivity index (χ3n) is 5.43. The highest BCUT2D eigenvalue weighted by Crippen LogP contribution is 2.34. The van der Waals surface area contributed by atoms with Crippen LogP contribution in [0.5, 0.6) is 5.75 Å². The van der Waals surface area contributed by atoms with E-state index in [1.807, 2.05) is 23.6 Å². The van der Waals surface area contributed by atoms with E-state index in [0.29, 0.717) is 30.9 Å². The molecule has 0 unspecified atom stereocenters. The van der Waals surface area contributed by atoms with Gasteiger partial charge in [-0.05, 0) is 63.8 Å². The third-order valence-corrected chi connectivity index (χ3v) is 5.43. The van der Waals surface area contributed by atoms with Crippen molar-refractivity contribution in [3.8, 4) is 5.75 Å². The molecule has 152 valence electrons. The number of carboxylic acids is 1. The van der Waals surface area contributed by atoms with Gasteiger partial charge in [-0.2, -0.15) is 0 Å². The maximum absolute atomic E-state index is 13.2. The number of piperazine rings is 1. The van der Waals surface area contributed by atoms with Crippen LogP contribution in [0, 0.1) is 19.8 Å². The first-order chi connectivity index (χ1) is 13.1. The fraction of sp³-hybridized carbons (Fsp3) is 0.571. The molecular formula is C21H28N2O5. The highest BCUT2D eigenvalue weighted by atomic mass is 16.5. The Hall–Kier alpha value is -2.57. The Balaban J connectivity index is 1.76. The first-order valence-electron chi connectivity index (χ1n) is 9.67. The number of aryl methyl sites for hydroxylation is 2. The number of hydrogen-bond donors (Lipinski definition) is 1. The summed E-state index contributed by atoms with van der Waals surface area (Å²) in [6.45, 7) is 8.76. The van der Waals surface area contributed by atoms with Gasteiger partial charge in [-0.3, -0.25) is 9.59 Å². The van der Waals surface area contributed by atoms with Crippen LogP contribution in [0.15, 0.2) is 12.1 Å². The number of carbonyl (C=O) groups excluding carboxylic acids is 2. The van der Waals surface area contributed by atoms with Gasteiger partial charge in [0.1, 0.15) is 5.75 Å². The van der Waals surface area contributed by atoms with Gasteiger partial charge in [-0.25, -0.2) is 4.79 Å². The van der Waals surface area contributed by atoms with Gasteiger partial charge in [0.05, 0.1) is 5.54 Å². The standard InChI is InChI=1S/C21H28N2O5/c1-13-9-16(10-14(2)18(13)28-11-17(24)25)20(27)23-8-7-22(12-21(23,3)4)19(26)15-5-6-15/h9-10,15H,5-8,11-12H2,1-4H3,(H,24,25). The van der Waals surface area contributed by atoms with Crippen LogP contribution in [0.4, 0.5) is 0 Å². The zero-order valence-corrected chi connectivity index (χ0v) is 16.9. The van der Waals surface area contributed by atoms with Crippen molar-refractivity contribution in [1.29, 1.82) is 0 Å². The first kappa shape index (κ1) is 20.2. The molecule has 7 nitrogen and oxygen atoms in total. The van der Waals surface area contributed by atoms with Crippen molar-refractivity contribution in [2.45, 2.75) is 46.1 Å². The number of nitrogens with zero attached hydrogens (tertiary/aromatic N) is 2. The Labute approximate surface area is 165 Å². The third kappa shape index (κ3) is 4.13. The highest BCUT2D eigenvalue weighted by molar-refractivity contribution is 5.95. The molecule has 2 aliphatic rings. The largest absolute Gasteiger partial charge is 0.481 e. The van der Waals surface area contributed by atoms with Crippen molar-refractivity contribution in [2.24, 2.45) is 5.92 Å². The van der Waals surface area contributed by atoms with Gasteiger partial charge >= 0.3 is 5.97 Å². The summed E-state index contributed by atoms with van der Waals surface area (Å²) in [7, 11) is 0. The fourth-order valence-corrected chi connectivity index (χ4v) is 3.90. The van der Waals surface area contributed by atoms with E-state index in [9.17, 15) is 14.4 Å². The van der Waals surface area contributed by atoms with Crippen molar-refractivity contribution in [3.63, 3.8) is 0 Å². The molecule has 1 aromatic carbocycles. The zero-order chi connectivity index (χ0) is 20.6. The van der Waals surface area contributed by atoms with E-state index in [1.54, 1.807) is 26.0 Å². The van der Waals surface area contributed by atoms with Crippen LogP contribution in [0.1, 0.15) is 48.2 Å². The second-order valence-electron chi connectivity index (χ2n) is 8.42. The van der Waals surface area contributed by atoms with Crippen LogP contribution in [-0.4, -0.2) is 64.5 Å². The number of carbonyl (C=O) groups is 3. The number of ether oxygens (including phenoxy) is 1. The van der Waals surface area contributed by atoms with Crippen molar-refractivity contribution in [1.82, 2.24) is 9.80 Å². The molecule has 1 saturated carbocycles. The molecule has 1 aliphatic heterocycles. The summed E-state index contributed by atoms with van der Waals surface area (Å²) in [5.41, 5.74) is 1.54. The first-order valence-corrected chi connectivity index (χ1v) is 9.67. The maximum atomic E-state index is 13.2. The smallest absolute Gasteiger partial charge is 0.341 e. The summed E-state index contributed by atoms with van der Waals surface area (Å²) >= 11 is 0. The molecule has 0 spiro atoms. The molecule has 28 heavy (non-hydrogen) atoms. The van der Waals surface area contributed by atoms with Crippen LogP contribution >= 0.6 is 0 Å². The monoisotopic (exact) mass is 388 g/mol. The molecule has 1 heterocycles. The van der Waals surface area contributed by atoms with Crippen LogP contribution in [-0.2, 0) is 9.59 Å². The number of hydrogen-bond acceptors (Lipinski definition) is 4. The quantitative estimate of drug-likeness (QED) is 0.836. The molecule has 0 bridgehead atoms. The van der Waals surface area contributed by atoms with E-state index in [0.717, 1.165) is 24.0 Å². The molecule has 0 atom stereocenters. The zero-order valence-electron chi connectivity index (χ0n) is 16.9. The molecule has 1 saturated heterocycles. The van der Waals surface area contributed by atoms with Crippen molar-refractivity contribution in [3.05, 3.63) is 28.8 Å². The lowest BCUT2D eigenvalue weighted by atomic mass is 9.96. The number of carboxylic acid groups (broad SMARTS) is 1. The molecule has 2 fully saturated rings. The van der Waals surface area contributed by atoms with E-state index in [2.05, 4.69) is 0 Å². The average molecular weight is 388 g/mol. The average Bonchev–Trinajstić information content (AvgIpc) is 3.43. The molecule has 7 heteroatoms. The lowest BCUT2D eigenvalue weighted by Gasteiger charge is -2.47. The number of amides is 2. The molecule has 3 rings (SSSR count). The van der Waals surface area contributed by atoms with E-state index in [-0.39, 0.29) is 17.7 Å². The second-order valence-corrected chi connectivity index (χ2v) is 8.42. The van der Waals surface area contributed by atoms with Crippen LogP contribution < -0.4 is 4.74 Å². The number of rotatable bonds is 5. The molecule has 0 aromatic heterocycles. The summed E-state index contributed by atoms with van der Waals surface area (Å²) in [6.07, 6.45) is 1.96. The fourth-order valence-electron chi connectivity index (χ4n) is 3.90. The minimum Gasteiger partial charge on any atom is -0.481 e. The minimum atomic E-state index is -1.04. The predicted molar refractivity (Wildman–Crippen MR) is 103 cm³/mol. The van der Waals surface area contributed by atoms with Crippen molar-refractivity contribution >= 4 is 17.8 Å². The van der Waals surface area contributed by atoms with Gasteiger partial charge < -0.3 is 19.6 Å². The van der Waals surface area contributed by atoms with Gasteiger partial charge in [0.2, 0.25) is 5.91 Å². The Kier molecular flexibility index (Phi) is 5.37. The summed E-state index contributed by atoms with van der Waals surface area (Å²) in [5.74, 6) is -0.231. The summed E-state index contributed by atoms with van der Waals surface area (Å²) in [6, 6.07) is 3.48. The molecule has 1 aliphatic carbocycles. The van der Waals surface area contributed by atoms with Gasteiger partial charge in [0.15, 0.2) is 6.61 Å². The van der Waals surface area contributed by atoms with Gasteiger partial charge in [0, 0.05) is 31.1 Å². The predicted octanol–water partition coefficient (Wildman–Crippen LogP) is 2.24. The maximum Gasteiger partial charge on any atom is 0.341 e. The molecule has 1 aromatic rings. The molecule has 2 amide bonds. The summed E-state index contributed by atoms with van der Waals surface area (Å²) in [5, 5.41) is 8.81. The topological polar surface area (TPSA) is 87.2 Å². The van der Waals surface area contributed by atoms with Crippen LogP contribution in [0.25, 0.3) is 0 Å². The lowest BCUT2D eigenvalue weighted by Crippen LogP contribution is -2.62. The number of aliphatic carboxylic acids is 1. The number of benzene rings is 1. The summed E-state index contributed by atoms with van der Waals surface area (Å²) < 4.78 is 5.35. The lowest BCUT2D eigenvalue weighted by molar-refractivity contribution is -0.139. The van der Waals surface area contributed by atoms with Gasteiger partial charge in [-0.1, -0.05) is 0 Å². The Morgan fingerprint density at radius 3 is 2.25 bits per heavy atom. The normalized spacial score (nSPS) is 18.7. The van der Waals surface area contributed by atoms with E-state index < -0.39 is 18.1 Å². The minimum absolute atomic E-state index is 0.0838. The van der Waals surface area contributed by atoms with Crippen molar-refractivity contribution in [2.75, 3.05) is 26.2 Å². The van der Waals surface area contributed by atoms with Crippen LogP contribution in [0.2, 0.25) is 0 Å². The molecular weight excluding hydrogens is 360 g/mol. The van der Waals surface area contributed by atoms with Crippen molar-refractivity contribution < 1.29 is 24.2 Å². The van der Waals surface area contributed by atoms with Crippen LogP contribution in [0.3, 0.4) is 0 Å². The second kappa shape index (κ2) is 7.45. The Bertz CT molecular complexity index is 790. The molecule has 0 radical (unpaired) electrons. The SMILES string of the molecule is Cc1cc(C(=O)N2CCN(C(=O)C3CC3)CC2(C)C)cc(C)c1OCC(=O)O. The van der Waals surface area contributed by atoms with E-state index in [4.69, 9.17) is 9.84 Å². The highest BCUT2D eigenvalue weighted by Gasteiger charge is 2.42. The van der Waals surface area contributed by atoms with Gasteiger partial charge in [0.25, 0.3) is 5.91 Å². The molecule has 1 N–H and O–H groups in total. The van der Waals surface area contributed by atoms with E-state index >= 15 is 0 Å². The van der Waals surface area contributed by atoms with E-state index in [1.165, 1.54) is 0 Å². The Morgan fingerprint density at radius 2 is 1.75 bits per heavy atom. The summed E-state index contributed by atoms with van der Waals surface area (Å²) in [4.78, 5) is 40.1.